The lowest BCUT2D eigenvalue weighted by atomic mass is 10.3. The Hall–Kier alpha value is -1.12. The zero-order valence-corrected chi connectivity index (χ0v) is 9.02. The molecule has 15 heavy (non-hydrogen) atoms. The molecule has 1 rings (SSSR count). The number of carbonyl (C=O) groups is 1. The third-order valence-electron chi connectivity index (χ3n) is 2.59. The Bertz CT molecular complexity index is 262. The summed E-state index contributed by atoms with van der Waals surface area (Å²) in [6, 6.07) is 2.01. The molecule has 0 aromatic heterocycles. The summed E-state index contributed by atoms with van der Waals surface area (Å²) < 4.78 is 0. The molecule has 1 atom stereocenters. The summed E-state index contributed by atoms with van der Waals surface area (Å²) in [5.74, 6) is 0.0133. The standard InChI is InChI=1S/C10H17N3O2/c1-12(5-2-4-11)10(15)8-13-6-3-9(14)7-13/h9,14H,2-3,5-8H2,1H3/t9-/m1/s1. The lowest BCUT2D eigenvalue weighted by molar-refractivity contribution is -0.130. The Labute approximate surface area is 89.9 Å². The van der Waals surface area contributed by atoms with Gasteiger partial charge in [0.25, 0.3) is 0 Å². The molecule has 84 valence electrons. The maximum atomic E-state index is 11.6. The van der Waals surface area contributed by atoms with Crippen LogP contribution in [0.1, 0.15) is 12.8 Å². The number of hydrogen-bond donors (Lipinski definition) is 1. The van der Waals surface area contributed by atoms with E-state index in [0.717, 1.165) is 13.0 Å². The van der Waals surface area contributed by atoms with Crippen LogP contribution in [0.4, 0.5) is 0 Å². The summed E-state index contributed by atoms with van der Waals surface area (Å²) in [6.07, 6.45) is 0.822. The molecule has 0 saturated carbocycles. The topological polar surface area (TPSA) is 67.6 Å². The van der Waals surface area contributed by atoms with E-state index in [-0.39, 0.29) is 12.0 Å². The second-order valence-electron chi connectivity index (χ2n) is 3.90. The smallest absolute Gasteiger partial charge is 0.236 e. The van der Waals surface area contributed by atoms with Crippen LogP contribution in [-0.2, 0) is 4.79 Å². The number of carbonyl (C=O) groups excluding carboxylic acids is 1. The van der Waals surface area contributed by atoms with Crippen LogP contribution >= 0.6 is 0 Å². The number of rotatable bonds is 4. The molecular weight excluding hydrogens is 194 g/mol. The number of likely N-dealkylation sites (N-methyl/N-ethyl adjacent to an activating group) is 1. The van der Waals surface area contributed by atoms with E-state index in [1.54, 1.807) is 11.9 Å². The fourth-order valence-corrected chi connectivity index (χ4v) is 1.61. The Balaban J connectivity index is 2.26. The molecule has 5 nitrogen and oxygen atoms in total. The quantitative estimate of drug-likeness (QED) is 0.676. The first kappa shape index (κ1) is 12.0. The summed E-state index contributed by atoms with van der Waals surface area (Å²) in [6.45, 7) is 2.18. The number of hydrogen-bond acceptors (Lipinski definition) is 4. The van der Waals surface area contributed by atoms with Gasteiger partial charge in [-0.2, -0.15) is 5.26 Å². The first-order valence-corrected chi connectivity index (χ1v) is 5.15. The molecule has 0 unspecified atom stereocenters. The summed E-state index contributed by atoms with van der Waals surface area (Å²) >= 11 is 0. The van der Waals surface area contributed by atoms with Gasteiger partial charge in [0.2, 0.25) is 5.91 Å². The van der Waals surface area contributed by atoms with Gasteiger partial charge in [0.05, 0.1) is 25.1 Å². The molecule has 5 heteroatoms. The maximum Gasteiger partial charge on any atom is 0.236 e. The Kier molecular flexibility index (Phi) is 4.53. The van der Waals surface area contributed by atoms with Crippen molar-refractivity contribution in [2.45, 2.75) is 18.9 Å². The monoisotopic (exact) mass is 211 g/mol. The van der Waals surface area contributed by atoms with Crippen LogP contribution in [0.25, 0.3) is 0 Å². The summed E-state index contributed by atoms with van der Waals surface area (Å²) in [5, 5.41) is 17.7. The minimum atomic E-state index is -0.290. The van der Waals surface area contributed by atoms with Crippen LogP contribution in [0.15, 0.2) is 0 Å². The van der Waals surface area contributed by atoms with E-state index in [9.17, 15) is 9.90 Å². The van der Waals surface area contributed by atoms with Gasteiger partial charge >= 0.3 is 0 Å². The van der Waals surface area contributed by atoms with Crippen LogP contribution in [0.5, 0.6) is 0 Å². The molecule has 1 aliphatic heterocycles. The molecule has 1 N–H and O–H groups in total. The van der Waals surface area contributed by atoms with Gasteiger partial charge in [-0.3, -0.25) is 9.69 Å². The number of amides is 1. The zero-order valence-electron chi connectivity index (χ0n) is 9.02. The third-order valence-corrected chi connectivity index (χ3v) is 2.59. The summed E-state index contributed by atoms with van der Waals surface area (Å²) in [5.41, 5.74) is 0. The van der Waals surface area contributed by atoms with Crippen molar-refractivity contribution >= 4 is 5.91 Å². The number of β-amino-alcohol motifs (C(OH)–C–C–N with tert-alkyl or cyclic N) is 1. The molecule has 0 radical (unpaired) electrons. The summed E-state index contributed by atoms with van der Waals surface area (Å²) in [4.78, 5) is 15.1. The van der Waals surface area contributed by atoms with Crippen molar-refractivity contribution in [3.05, 3.63) is 0 Å². The van der Waals surface area contributed by atoms with Gasteiger partial charge in [-0.05, 0) is 6.42 Å². The van der Waals surface area contributed by atoms with E-state index in [1.807, 2.05) is 11.0 Å². The second kappa shape index (κ2) is 5.69. The molecule has 0 aliphatic carbocycles. The van der Waals surface area contributed by atoms with Crippen molar-refractivity contribution in [2.75, 3.05) is 33.2 Å². The maximum absolute atomic E-state index is 11.6. The number of aliphatic hydroxyl groups excluding tert-OH is 1. The van der Waals surface area contributed by atoms with E-state index in [0.29, 0.717) is 26.1 Å². The second-order valence-corrected chi connectivity index (χ2v) is 3.90. The molecule has 1 amide bonds. The van der Waals surface area contributed by atoms with Gasteiger partial charge in [0.15, 0.2) is 0 Å². The van der Waals surface area contributed by atoms with Crippen molar-refractivity contribution in [3.8, 4) is 6.07 Å². The van der Waals surface area contributed by atoms with E-state index in [2.05, 4.69) is 0 Å². The molecule has 0 aromatic carbocycles. The number of likely N-dealkylation sites (tertiary alicyclic amines) is 1. The zero-order chi connectivity index (χ0) is 11.3. The average molecular weight is 211 g/mol. The number of aliphatic hydroxyl groups is 1. The molecule has 1 saturated heterocycles. The van der Waals surface area contributed by atoms with Crippen molar-refractivity contribution in [3.63, 3.8) is 0 Å². The predicted molar refractivity (Wildman–Crippen MR) is 54.9 cm³/mol. The molecule has 1 heterocycles. The van der Waals surface area contributed by atoms with Crippen LogP contribution in [0, 0.1) is 11.3 Å². The minimum Gasteiger partial charge on any atom is -0.392 e. The van der Waals surface area contributed by atoms with Crippen molar-refractivity contribution in [1.29, 1.82) is 5.26 Å². The fourth-order valence-electron chi connectivity index (χ4n) is 1.61. The average Bonchev–Trinajstić information content (AvgIpc) is 2.60. The predicted octanol–water partition coefficient (Wildman–Crippen LogP) is -0.575. The van der Waals surface area contributed by atoms with E-state index in [4.69, 9.17) is 5.26 Å². The van der Waals surface area contributed by atoms with Crippen LogP contribution in [0.2, 0.25) is 0 Å². The normalized spacial score (nSPS) is 21.3. The van der Waals surface area contributed by atoms with Gasteiger partial charge in [0.1, 0.15) is 0 Å². The molecule has 1 fully saturated rings. The van der Waals surface area contributed by atoms with Gasteiger partial charge in [-0.1, -0.05) is 0 Å². The van der Waals surface area contributed by atoms with Crippen molar-refractivity contribution in [2.24, 2.45) is 0 Å². The van der Waals surface area contributed by atoms with E-state index < -0.39 is 0 Å². The highest BCUT2D eigenvalue weighted by atomic mass is 16.3. The largest absolute Gasteiger partial charge is 0.392 e. The molecule has 0 bridgehead atoms. The van der Waals surface area contributed by atoms with Crippen LogP contribution < -0.4 is 0 Å². The Morgan fingerprint density at radius 3 is 3.00 bits per heavy atom. The molecule has 0 spiro atoms. The van der Waals surface area contributed by atoms with Gasteiger partial charge in [-0.25, -0.2) is 0 Å². The number of nitrogens with zero attached hydrogens (tertiary/aromatic N) is 3. The highest BCUT2D eigenvalue weighted by Crippen LogP contribution is 2.08. The van der Waals surface area contributed by atoms with E-state index in [1.165, 1.54) is 0 Å². The lowest BCUT2D eigenvalue weighted by Crippen LogP contribution is -2.38. The highest BCUT2D eigenvalue weighted by molar-refractivity contribution is 5.78. The van der Waals surface area contributed by atoms with Crippen molar-refractivity contribution < 1.29 is 9.90 Å². The SMILES string of the molecule is CN(CCC#N)C(=O)CN1CC[C@@H](O)C1. The van der Waals surface area contributed by atoms with Crippen molar-refractivity contribution in [1.82, 2.24) is 9.80 Å². The van der Waals surface area contributed by atoms with Gasteiger partial charge < -0.3 is 10.0 Å². The van der Waals surface area contributed by atoms with Crippen LogP contribution in [0.3, 0.4) is 0 Å². The minimum absolute atomic E-state index is 0.0133. The Morgan fingerprint density at radius 1 is 1.73 bits per heavy atom. The molecule has 1 aliphatic rings. The summed E-state index contributed by atoms with van der Waals surface area (Å²) in [7, 11) is 1.70. The lowest BCUT2D eigenvalue weighted by Gasteiger charge is -2.20. The Morgan fingerprint density at radius 2 is 2.47 bits per heavy atom. The number of nitriles is 1. The third kappa shape index (κ3) is 3.86. The first-order valence-electron chi connectivity index (χ1n) is 5.15. The molecule has 0 aromatic rings. The highest BCUT2D eigenvalue weighted by Gasteiger charge is 2.22. The van der Waals surface area contributed by atoms with Gasteiger partial charge in [0, 0.05) is 26.7 Å². The van der Waals surface area contributed by atoms with E-state index >= 15 is 0 Å². The molecular formula is C10H17N3O2. The van der Waals surface area contributed by atoms with Crippen LogP contribution in [-0.4, -0.2) is 60.1 Å². The van der Waals surface area contributed by atoms with Gasteiger partial charge in [-0.15, -0.1) is 0 Å². The fraction of sp³-hybridized carbons (Fsp3) is 0.800. The first-order chi connectivity index (χ1) is 7.13.